The van der Waals surface area contributed by atoms with Gasteiger partial charge in [0.25, 0.3) is 0 Å². The van der Waals surface area contributed by atoms with Crippen LogP contribution in [0.25, 0.3) is 0 Å². The van der Waals surface area contributed by atoms with Crippen molar-refractivity contribution in [2.24, 2.45) is 11.8 Å². The van der Waals surface area contributed by atoms with Crippen molar-refractivity contribution in [1.82, 2.24) is 0 Å². The van der Waals surface area contributed by atoms with Gasteiger partial charge in [-0.2, -0.15) is 0 Å². The van der Waals surface area contributed by atoms with Crippen LogP contribution in [0.2, 0.25) is 0 Å². The van der Waals surface area contributed by atoms with Crippen LogP contribution in [0.1, 0.15) is 23.3 Å². The van der Waals surface area contributed by atoms with Gasteiger partial charge in [-0.1, -0.05) is 6.07 Å². The predicted octanol–water partition coefficient (Wildman–Crippen LogP) is 0.672. The van der Waals surface area contributed by atoms with Gasteiger partial charge in [-0.05, 0) is 35.4 Å². The zero-order valence-electron chi connectivity index (χ0n) is 21.8. The number of benzene rings is 2. The van der Waals surface area contributed by atoms with Crippen molar-refractivity contribution in [3.8, 4) is 28.7 Å². The van der Waals surface area contributed by atoms with Crippen molar-refractivity contribution in [2.45, 2.75) is 42.9 Å². The molecule has 0 aromatic heterocycles. The van der Waals surface area contributed by atoms with Crippen molar-refractivity contribution in [2.75, 3.05) is 41.2 Å². The average molecular weight is 551 g/mol. The van der Waals surface area contributed by atoms with Crippen molar-refractivity contribution in [3.63, 3.8) is 0 Å². The van der Waals surface area contributed by atoms with E-state index in [1.54, 1.807) is 24.3 Å². The molecule has 0 saturated carbocycles. The van der Waals surface area contributed by atoms with E-state index in [1.807, 2.05) is 6.07 Å². The van der Waals surface area contributed by atoms with Crippen LogP contribution in [-0.4, -0.2) is 97.4 Å². The molecule has 0 bridgehead atoms. The van der Waals surface area contributed by atoms with Crippen LogP contribution in [0.3, 0.4) is 0 Å². The fourth-order valence-electron chi connectivity index (χ4n) is 5.57. The second kappa shape index (κ2) is 11.3. The van der Waals surface area contributed by atoms with Crippen LogP contribution < -0.4 is 18.9 Å². The molecule has 3 aliphatic rings. The monoisotopic (exact) mass is 550 g/mol. The molecule has 12 nitrogen and oxygen atoms in total. The zero-order chi connectivity index (χ0) is 27.8. The maximum absolute atomic E-state index is 10.4. The smallest absolute Gasteiger partial charge is 0.229 e. The second-order valence-corrected chi connectivity index (χ2v) is 9.84. The first kappa shape index (κ1) is 27.7. The number of phenolic OH excluding ortho intramolecular Hbond substituents is 1. The number of aliphatic hydroxyl groups excluding tert-OH is 4. The minimum absolute atomic E-state index is 0.0291. The first-order valence-electron chi connectivity index (χ1n) is 12.6. The minimum Gasteiger partial charge on any atom is -0.504 e. The van der Waals surface area contributed by atoms with E-state index in [-0.39, 0.29) is 47.0 Å². The molecule has 2 aromatic rings. The average Bonchev–Trinajstić information content (AvgIpc) is 3.56. The van der Waals surface area contributed by atoms with Gasteiger partial charge in [0.1, 0.15) is 24.4 Å². The predicted molar refractivity (Wildman–Crippen MR) is 133 cm³/mol. The number of ether oxygens (including phenoxy) is 7. The number of aliphatic hydroxyl groups is 4. The third kappa shape index (κ3) is 4.97. The number of hydrogen-bond donors (Lipinski definition) is 5. The van der Waals surface area contributed by atoms with Crippen LogP contribution in [-0.2, 0) is 14.2 Å². The molecule has 214 valence electrons. The Morgan fingerprint density at radius 3 is 1.90 bits per heavy atom. The summed E-state index contributed by atoms with van der Waals surface area (Å²) in [6.45, 7) is 0.327. The highest BCUT2D eigenvalue weighted by molar-refractivity contribution is 5.55. The van der Waals surface area contributed by atoms with E-state index >= 15 is 0 Å². The number of hydrogen-bond acceptors (Lipinski definition) is 12. The van der Waals surface area contributed by atoms with E-state index in [4.69, 9.17) is 33.2 Å². The van der Waals surface area contributed by atoms with E-state index in [2.05, 4.69) is 0 Å². The van der Waals surface area contributed by atoms with Gasteiger partial charge in [-0.25, -0.2) is 0 Å². The molecule has 0 spiro atoms. The molecule has 3 saturated heterocycles. The maximum atomic E-state index is 10.4. The van der Waals surface area contributed by atoms with E-state index in [0.717, 1.165) is 11.1 Å². The molecule has 0 radical (unpaired) electrons. The lowest BCUT2D eigenvalue weighted by molar-refractivity contribution is -0.277. The van der Waals surface area contributed by atoms with Crippen LogP contribution in [0.15, 0.2) is 30.3 Å². The molecule has 0 unspecified atom stereocenters. The van der Waals surface area contributed by atoms with Crippen molar-refractivity contribution in [1.29, 1.82) is 0 Å². The van der Waals surface area contributed by atoms with Crippen LogP contribution >= 0.6 is 0 Å². The first-order valence-corrected chi connectivity index (χ1v) is 12.6. The molecule has 5 N–H and O–H groups in total. The topological polar surface area (TPSA) is 166 Å². The van der Waals surface area contributed by atoms with E-state index in [9.17, 15) is 25.5 Å². The fourth-order valence-corrected chi connectivity index (χ4v) is 5.57. The SMILES string of the molecule is COc1cc([C@@H]2OC[C@@H]3[C@@H]2CO[C@@H]3c2cc(OC)c(O[C@@H]3O[C@@H](CO)[C@H](O)[C@@H](O)[C@@H]3O)c(OC)c2)ccc1O. The summed E-state index contributed by atoms with van der Waals surface area (Å²) in [5.74, 6) is 1.17. The second-order valence-electron chi connectivity index (χ2n) is 9.84. The Hall–Kier alpha value is -2.84. The first-order chi connectivity index (χ1) is 18.8. The highest BCUT2D eigenvalue weighted by Gasteiger charge is 2.49. The van der Waals surface area contributed by atoms with Gasteiger partial charge in [0, 0.05) is 11.8 Å². The minimum atomic E-state index is -1.60. The normalized spacial score (nSPS) is 34.0. The molecule has 5 rings (SSSR count). The summed E-state index contributed by atoms with van der Waals surface area (Å²) >= 11 is 0. The third-order valence-electron chi connectivity index (χ3n) is 7.69. The standard InChI is InChI=1S/C27H34O12/c1-33-17-6-12(4-5-16(17)29)24-14-10-37-25(15(14)11-36-24)13-7-18(34-2)26(19(8-13)35-3)39-27-23(32)22(31)21(30)20(9-28)38-27/h4-8,14-15,20-25,27-32H,9-11H2,1-3H3/t14-,15+,20-,21-,22+,23-,24-,25+,27-/m0/s1. The lowest BCUT2D eigenvalue weighted by atomic mass is 9.84. The van der Waals surface area contributed by atoms with Gasteiger partial charge in [-0.15, -0.1) is 0 Å². The quantitative estimate of drug-likeness (QED) is 0.312. The molecular formula is C27H34O12. The fraction of sp³-hybridized carbons (Fsp3) is 0.556. The van der Waals surface area contributed by atoms with Crippen molar-refractivity contribution < 1.29 is 58.7 Å². The van der Waals surface area contributed by atoms with Gasteiger partial charge in [0.05, 0.1) is 53.4 Å². The number of rotatable bonds is 8. The Morgan fingerprint density at radius 2 is 1.33 bits per heavy atom. The van der Waals surface area contributed by atoms with Crippen LogP contribution in [0.5, 0.6) is 28.7 Å². The van der Waals surface area contributed by atoms with Crippen molar-refractivity contribution in [3.05, 3.63) is 41.5 Å². The molecule has 0 amide bonds. The largest absolute Gasteiger partial charge is 0.504 e. The van der Waals surface area contributed by atoms with Gasteiger partial charge in [0.15, 0.2) is 23.0 Å². The lowest BCUT2D eigenvalue weighted by Gasteiger charge is -2.39. The Kier molecular flexibility index (Phi) is 8.06. The Labute approximate surface area is 225 Å². The highest BCUT2D eigenvalue weighted by Crippen LogP contribution is 2.53. The summed E-state index contributed by atoms with van der Waals surface area (Å²) in [4.78, 5) is 0. The molecule has 3 aliphatic heterocycles. The molecule has 9 atom stereocenters. The summed E-state index contributed by atoms with van der Waals surface area (Å²) in [5.41, 5.74) is 1.66. The van der Waals surface area contributed by atoms with E-state index < -0.39 is 37.3 Å². The molecule has 0 aliphatic carbocycles. The molecule has 12 heteroatoms. The molecular weight excluding hydrogens is 516 g/mol. The summed E-state index contributed by atoms with van der Waals surface area (Å²) < 4.78 is 40.2. The molecule has 39 heavy (non-hydrogen) atoms. The van der Waals surface area contributed by atoms with E-state index in [0.29, 0.717) is 19.0 Å². The van der Waals surface area contributed by atoms with Gasteiger partial charge in [0.2, 0.25) is 12.0 Å². The molecule has 2 aromatic carbocycles. The van der Waals surface area contributed by atoms with Gasteiger partial charge in [-0.3, -0.25) is 0 Å². The number of fused-ring (bicyclic) bond motifs is 1. The maximum Gasteiger partial charge on any atom is 0.229 e. The molecule has 3 fully saturated rings. The third-order valence-corrected chi connectivity index (χ3v) is 7.69. The summed E-state index contributed by atoms with van der Waals surface area (Å²) in [6, 6.07) is 8.65. The highest BCUT2D eigenvalue weighted by atomic mass is 16.7. The summed E-state index contributed by atoms with van der Waals surface area (Å²) in [7, 11) is 4.39. The van der Waals surface area contributed by atoms with Crippen LogP contribution in [0.4, 0.5) is 0 Å². The van der Waals surface area contributed by atoms with Crippen molar-refractivity contribution >= 4 is 0 Å². The Bertz CT molecular complexity index is 1130. The van der Waals surface area contributed by atoms with Gasteiger partial charge >= 0.3 is 0 Å². The Balaban J connectivity index is 1.38. The van der Waals surface area contributed by atoms with Gasteiger partial charge < -0.3 is 58.7 Å². The summed E-state index contributed by atoms with van der Waals surface area (Å²) in [5, 5.41) is 50.1. The number of aromatic hydroxyl groups is 1. The van der Waals surface area contributed by atoms with E-state index in [1.165, 1.54) is 21.3 Å². The van der Waals surface area contributed by atoms with Crippen LogP contribution in [0, 0.1) is 11.8 Å². The zero-order valence-corrected chi connectivity index (χ0v) is 21.8. The Morgan fingerprint density at radius 1 is 0.769 bits per heavy atom. The molecule has 3 heterocycles. The number of methoxy groups -OCH3 is 3. The number of phenols is 1. The summed E-state index contributed by atoms with van der Waals surface area (Å²) in [6.07, 6.45) is -7.80. The lowest BCUT2D eigenvalue weighted by Crippen LogP contribution is -2.60.